The molecular weight excluding hydrogens is 622 g/mol. The van der Waals surface area contributed by atoms with Gasteiger partial charge in [-0.25, -0.2) is 8.78 Å². The summed E-state index contributed by atoms with van der Waals surface area (Å²) in [6, 6.07) is 6.46. The van der Waals surface area contributed by atoms with E-state index >= 15 is 8.78 Å². The smallest absolute Gasteiger partial charge is 0.311 e. The lowest BCUT2D eigenvalue weighted by molar-refractivity contribution is -0.135. The Kier molecular flexibility index (Phi) is 11.8. The van der Waals surface area contributed by atoms with Crippen LogP contribution in [0.1, 0.15) is 151 Å². The molecule has 0 radical (unpaired) electrons. The van der Waals surface area contributed by atoms with Gasteiger partial charge in [0.15, 0.2) is 0 Å². The van der Waals surface area contributed by atoms with Gasteiger partial charge in [0.2, 0.25) is 0 Å². The van der Waals surface area contributed by atoms with Gasteiger partial charge in [-0.15, -0.1) is 0 Å². The zero-order chi connectivity index (χ0) is 34.5. The fourth-order valence-electron chi connectivity index (χ4n) is 9.51. The minimum Gasteiger partial charge on any atom is -0.426 e. The maximum atomic E-state index is 15.3. The van der Waals surface area contributed by atoms with Crippen LogP contribution in [0, 0.1) is 23.5 Å². The highest BCUT2D eigenvalue weighted by Gasteiger charge is 2.45. The Hall–Kier alpha value is -2.84. The lowest BCUT2D eigenvalue weighted by Gasteiger charge is -2.47. The minimum atomic E-state index is -0.349. The van der Waals surface area contributed by atoms with Crippen LogP contribution in [0.15, 0.2) is 24.3 Å². The van der Waals surface area contributed by atoms with Gasteiger partial charge in [-0.1, -0.05) is 71.1 Å². The zero-order valence-corrected chi connectivity index (χ0v) is 29.4. The molecule has 0 aliphatic heterocycles. The lowest BCUT2D eigenvalue weighted by atomic mass is 9.60. The van der Waals surface area contributed by atoms with Crippen LogP contribution in [-0.4, -0.2) is 24.0 Å². The van der Waals surface area contributed by atoms with Gasteiger partial charge in [0.25, 0.3) is 0 Å². The van der Waals surface area contributed by atoms with Gasteiger partial charge in [-0.05, 0) is 104 Å². The molecule has 268 valence electrons. The van der Waals surface area contributed by atoms with Crippen LogP contribution in [0.25, 0.3) is 0 Å². The molecule has 0 saturated heterocycles. The normalized spacial score (nSPS) is 27.8. The third-order valence-corrected chi connectivity index (χ3v) is 12.4. The minimum absolute atomic E-state index is 0.0241. The van der Waals surface area contributed by atoms with Crippen molar-refractivity contribution >= 4 is 11.9 Å². The highest BCUT2D eigenvalue weighted by atomic mass is 19.1. The standard InChI is InChI=1S/C41H56F2N2O4/c1-41-19-13-7-9-15-27(40(41)45)21-33-34(41)23-29(25-36(33)43)49-38(47)18-12-5-3-2-4-11-17-37(46)48-28-22-31-30-16-10-6-8-14-26(39(30)44)20-32(31)35(42)24-28/h22-27,30,39-40H,2-21,44-45H2,1H3/t26-,27-,30?,39-,40-,41+/m0/s1. The Morgan fingerprint density at radius 3 is 1.96 bits per heavy atom. The molecular formula is C41H56F2N2O4. The Balaban J connectivity index is 0.898. The molecule has 1 unspecified atom stereocenters. The molecule has 4 aliphatic rings. The average Bonchev–Trinajstić information content (AvgIpc) is 3.05. The summed E-state index contributed by atoms with van der Waals surface area (Å²) < 4.78 is 41.7. The van der Waals surface area contributed by atoms with Crippen molar-refractivity contribution in [3.8, 4) is 11.5 Å². The first kappa shape index (κ1) is 36.0. The summed E-state index contributed by atoms with van der Waals surface area (Å²) >= 11 is 0. The number of fused-ring (bicyclic) bond motifs is 8. The number of rotatable bonds is 11. The van der Waals surface area contributed by atoms with E-state index in [4.69, 9.17) is 20.9 Å². The quantitative estimate of drug-likeness (QED) is 0.140. The van der Waals surface area contributed by atoms with E-state index in [1.54, 1.807) is 0 Å². The topological polar surface area (TPSA) is 105 Å². The molecule has 4 bridgehead atoms. The van der Waals surface area contributed by atoms with Crippen molar-refractivity contribution in [2.75, 3.05) is 0 Å². The van der Waals surface area contributed by atoms with E-state index in [9.17, 15) is 9.59 Å². The van der Waals surface area contributed by atoms with Gasteiger partial charge >= 0.3 is 11.9 Å². The number of hydrogen-bond donors (Lipinski definition) is 2. The Labute approximate surface area is 291 Å². The van der Waals surface area contributed by atoms with Crippen molar-refractivity contribution < 1.29 is 27.8 Å². The SMILES string of the molecule is C[C@@]12CCCCC[C@@H](Cc3c(F)cc(OC(=O)CCCCCCCCC(=O)Oc4cc(F)c5c(c4)C4CCCCC[C@@H](C5)[C@@H]4N)cc31)[C@@H]2N. The van der Waals surface area contributed by atoms with Crippen molar-refractivity contribution in [2.24, 2.45) is 23.3 Å². The molecule has 0 amide bonds. The second-order valence-corrected chi connectivity index (χ2v) is 15.8. The molecule has 6 rings (SSSR count). The third kappa shape index (κ3) is 8.22. The fraction of sp³-hybridized carbons (Fsp3) is 0.659. The number of esters is 2. The number of carbonyl (C=O) groups is 2. The molecule has 4 N–H and O–H groups in total. The molecule has 2 saturated carbocycles. The second-order valence-electron chi connectivity index (χ2n) is 15.8. The second kappa shape index (κ2) is 16.0. The Morgan fingerprint density at radius 2 is 1.27 bits per heavy atom. The van der Waals surface area contributed by atoms with Gasteiger partial charge in [0.05, 0.1) is 0 Å². The van der Waals surface area contributed by atoms with Crippen LogP contribution >= 0.6 is 0 Å². The van der Waals surface area contributed by atoms with Crippen molar-refractivity contribution in [1.82, 2.24) is 0 Å². The number of carbonyl (C=O) groups excluding carboxylic acids is 2. The van der Waals surface area contributed by atoms with E-state index in [0.717, 1.165) is 99.3 Å². The predicted molar refractivity (Wildman–Crippen MR) is 188 cm³/mol. The summed E-state index contributed by atoms with van der Waals surface area (Å²) in [5.41, 5.74) is 16.4. The first-order valence-electron chi connectivity index (χ1n) is 19.2. The van der Waals surface area contributed by atoms with Crippen LogP contribution in [0.3, 0.4) is 0 Å². The maximum absolute atomic E-state index is 15.3. The van der Waals surface area contributed by atoms with E-state index in [2.05, 4.69) is 6.92 Å². The predicted octanol–water partition coefficient (Wildman–Crippen LogP) is 8.87. The number of nitrogens with two attached hydrogens (primary N) is 2. The number of benzene rings is 2. The fourth-order valence-corrected chi connectivity index (χ4v) is 9.51. The summed E-state index contributed by atoms with van der Waals surface area (Å²) in [5, 5.41) is 0. The molecule has 6 nitrogen and oxygen atoms in total. The van der Waals surface area contributed by atoms with Crippen LogP contribution in [-0.2, 0) is 27.8 Å². The van der Waals surface area contributed by atoms with Gasteiger partial charge in [0.1, 0.15) is 23.1 Å². The Morgan fingerprint density at radius 1 is 0.714 bits per heavy atom. The molecule has 0 aromatic heterocycles. The van der Waals surface area contributed by atoms with E-state index in [0.29, 0.717) is 31.6 Å². The number of hydrogen-bond acceptors (Lipinski definition) is 6. The number of unbranched alkanes of at least 4 members (excludes halogenated alkanes) is 5. The largest absolute Gasteiger partial charge is 0.426 e. The zero-order valence-electron chi connectivity index (χ0n) is 29.4. The first-order chi connectivity index (χ1) is 23.6. The molecule has 0 spiro atoms. The van der Waals surface area contributed by atoms with E-state index in [1.165, 1.54) is 25.0 Å². The van der Waals surface area contributed by atoms with E-state index in [1.807, 2.05) is 12.1 Å². The van der Waals surface area contributed by atoms with Crippen LogP contribution in [0.5, 0.6) is 11.5 Å². The highest BCUT2D eigenvalue weighted by Crippen LogP contribution is 2.47. The molecule has 8 heteroatoms. The maximum Gasteiger partial charge on any atom is 0.311 e. The highest BCUT2D eigenvalue weighted by molar-refractivity contribution is 5.73. The van der Waals surface area contributed by atoms with Crippen LogP contribution in [0.4, 0.5) is 8.78 Å². The van der Waals surface area contributed by atoms with Crippen molar-refractivity contribution in [3.63, 3.8) is 0 Å². The molecule has 4 aliphatic carbocycles. The van der Waals surface area contributed by atoms with Gasteiger partial charge < -0.3 is 20.9 Å². The molecule has 2 aromatic rings. The average molecular weight is 679 g/mol. The van der Waals surface area contributed by atoms with Crippen LogP contribution in [0.2, 0.25) is 0 Å². The van der Waals surface area contributed by atoms with Crippen molar-refractivity contribution in [2.45, 2.75) is 159 Å². The summed E-state index contributed by atoms with van der Waals surface area (Å²) in [7, 11) is 0. The van der Waals surface area contributed by atoms with Gasteiger partial charge in [0, 0.05) is 42.5 Å². The first-order valence-corrected chi connectivity index (χ1v) is 19.2. The Bertz CT molecular complexity index is 1500. The molecule has 49 heavy (non-hydrogen) atoms. The van der Waals surface area contributed by atoms with Gasteiger partial charge in [-0.2, -0.15) is 0 Å². The van der Waals surface area contributed by atoms with E-state index < -0.39 is 0 Å². The molecule has 0 heterocycles. The van der Waals surface area contributed by atoms with Crippen LogP contribution < -0.4 is 20.9 Å². The molecule has 2 aromatic carbocycles. The monoisotopic (exact) mass is 678 g/mol. The number of ether oxygens (including phenoxy) is 2. The summed E-state index contributed by atoms with van der Waals surface area (Å²) in [5.74, 6) is 0.0105. The van der Waals surface area contributed by atoms with Gasteiger partial charge in [-0.3, -0.25) is 9.59 Å². The summed E-state index contributed by atoms with van der Waals surface area (Å²) in [6.07, 6.45) is 17.6. The van der Waals surface area contributed by atoms with E-state index in [-0.39, 0.29) is 77.2 Å². The summed E-state index contributed by atoms with van der Waals surface area (Å²) in [4.78, 5) is 25.3. The third-order valence-electron chi connectivity index (χ3n) is 12.4. The lowest BCUT2D eigenvalue weighted by Crippen LogP contribution is -2.53. The molecule has 2 fully saturated rings. The number of halogens is 2. The van der Waals surface area contributed by atoms with Crippen molar-refractivity contribution in [1.29, 1.82) is 0 Å². The molecule has 6 atom stereocenters. The van der Waals surface area contributed by atoms with Crippen molar-refractivity contribution in [3.05, 3.63) is 58.2 Å². The summed E-state index contributed by atoms with van der Waals surface area (Å²) in [6.45, 7) is 2.15.